The maximum absolute atomic E-state index is 14.1. The molecule has 3 amide bonds. The smallest absolute Gasteiger partial charge is 0.291 e. The van der Waals surface area contributed by atoms with Crippen LogP contribution in [0.15, 0.2) is 60.9 Å². The highest BCUT2D eigenvalue weighted by atomic mass is 35.5. The number of rotatable bonds is 6. The number of piperazine rings is 1. The van der Waals surface area contributed by atoms with Crippen LogP contribution < -0.4 is 10.6 Å². The summed E-state index contributed by atoms with van der Waals surface area (Å²) in [4.78, 5) is 47.4. The van der Waals surface area contributed by atoms with Crippen LogP contribution in [-0.2, 0) is 11.8 Å². The lowest BCUT2D eigenvalue weighted by atomic mass is 9.96. The van der Waals surface area contributed by atoms with E-state index < -0.39 is 5.91 Å². The molecular weight excluding hydrogens is 587 g/mol. The lowest BCUT2D eigenvalue weighted by molar-refractivity contribution is -0.137. The van der Waals surface area contributed by atoms with Crippen molar-refractivity contribution >= 4 is 35.0 Å². The number of imidazole rings is 1. The van der Waals surface area contributed by atoms with E-state index in [9.17, 15) is 18.9 Å². The summed E-state index contributed by atoms with van der Waals surface area (Å²) in [5, 5.41) is 10.2. The Morgan fingerprint density at radius 3 is 2.41 bits per heavy atom. The molecule has 2 fully saturated rings. The fourth-order valence-electron chi connectivity index (χ4n) is 5.79. The number of carbonyl (C=O) groups is 3. The van der Waals surface area contributed by atoms with Crippen molar-refractivity contribution in [2.45, 2.75) is 12.8 Å². The molecule has 2 saturated heterocycles. The normalized spacial score (nSPS) is 15.8. The van der Waals surface area contributed by atoms with E-state index >= 15 is 0 Å². The van der Waals surface area contributed by atoms with Crippen molar-refractivity contribution < 1.29 is 18.9 Å². The number of anilines is 1. The van der Waals surface area contributed by atoms with Gasteiger partial charge in [-0.3, -0.25) is 14.4 Å². The van der Waals surface area contributed by atoms with Gasteiger partial charge in [-0.25, -0.2) is 4.98 Å². The van der Waals surface area contributed by atoms with E-state index in [1.54, 1.807) is 28.6 Å². The summed E-state index contributed by atoms with van der Waals surface area (Å²) in [5.41, 5.74) is 2.84. The Bertz CT molecular complexity index is 1690. The molecule has 6 rings (SSSR count). The highest BCUT2D eigenvalue weighted by molar-refractivity contribution is 6.34. The molecule has 4 aromatic rings. The second kappa shape index (κ2) is 12.6. The number of nitrogens with zero attached hydrogens (tertiary/aromatic N) is 6. The summed E-state index contributed by atoms with van der Waals surface area (Å²) < 4.78 is 15.7. The number of halogens is 2. The Morgan fingerprint density at radius 2 is 1.70 bits per heavy atom. The second-order valence-electron chi connectivity index (χ2n) is 11.0. The van der Waals surface area contributed by atoms with Crippen LogP contribution >= 0.6 is 11.6 Å². The van der Waals surface area contributed by atoms with E-state index in [0.717, 1.165) is 31.5 Å². The molecule has 2 aromatic heterocycles. The van der Waals surface area contributed by atoms with Crippen LogP contribution in [0.2, 0.25) is 5.02 Å². The van der Waals surface area contributed by atoms with Crippen molar-refractivity contribution in [1.29, 1.82) is 0 Å². The molecule has 44 heavy (non-hydrogen) atoms. The number of nitrogens with one attached hydrogen (secondary N) is 2. The Balaban J connectivity index is 1.11. The van der Waals surface area contributed by atoms with E-state index in [0.29, 0.717) is 54.4 Å². The van der Waals surface area contributed by atoms with Gasteiger partial charge in [0.25, 0.3) is 11.8 Å². The van der Waals surface area contributed by atoms with Gasteiger partial charge in [0.1, 0.15) is 5.69 Å². The number of carbonyl (C=O) groups excluding carboxylic acids is 3. The molecule has 13 heteroatoms. The van der Waals surface area contributed by atoms with Gasteiger partial charge >= 0.3 is 0 Å². The third-order valence-electron chi connectivity index (χ3n) is 8.23. The third-order valence-corrected chi connectivity index (χ3v) is 8.54. The van der Waals surface area contributed by atoms with Gasteiger partial charge in [-0.05, 0) is 44.1 Å². The van der Waals surface area contributed by atoms with Gasteiger partial charge < -0.3 is 25.0 Å². The van der Waals surface area contributed by atoms with Crippen molar-refractivity contribution in [2.75, 3.05) is 44.6 Å². The standard InChI is InChI=1S/C31H32ClFN8O3/c1-38-26(24-19-41(33)37-27(24)20-5-3-2-4-6-20)18-35-28(38)29(42)36-22-7-8-23(25(32)17-22)31(44)40-15-13-39(14-16-40)30(43)21-9-11-34-12-10-21/h2-8,17-19,21,34H,9-16H2,1H3,(H,36,42). The van der Waals surface area contributed by atoms with Crippen LogP contribution in [0.25, 0.3) is 22.5 Å². The highest BCUT2D eigenvalue weighted by Gasteiger charge is 2.30. The number of aromatic nitrogens is 4. The van der Waals surface area contributed by atoms with E-state index in [2.05, 4.69) is 20.7 Å². The molecule has 0 saturated carbocycles. The third kappa shape index (κ3) is 5.95. The zero-order valence-corrected chi connectivity index (χ0v) is 24.9. The zero-order chi connectivity index (χ0) is 30.8. The average Bonchev–Trinajstić information content (AvgIpc) is 3.63. The van der Waals surface area contributed by atoms with E-state index in [1.165, 1.54) is 18.5 Å². The van der Waals surface area contributed by atoms with Crippen molar-refractivity contribution in [2.24, 2.45) is 13.0 Å². The van der Waals surface area contributed by atoms with Gasteiger partial charge in [0.2, 0.25) is 5.91 Å². The molecule has 11 nitrogen and oxygen atoms in total. The zero-order valence-electron chi connectivity index (χ0n) is 24.2. The van der Waals surface area contributed by atoms with Crippen LogP contribution in [0.3, 0.4) is 0 Å². The summed E-state index contributed by atoms with van der Waals surface area (Å²) in [6.45, 7) is 3.55. The maximum atomic E-state index is 14.1. The van der Waals surface area contributed by atoms with Gasteiger partial charge in [-0.15, -0.1) is 10.0 Å². The molecule has 0 radical (unpaired) electrons. The molecule has 0 bridgehead atoms. The first kappa shape index (κ1) is 29.5. The number of hydrogen-bond donors (Lipinski definition) is 2. The topological polar surface area (TPSA) is 117 Å². The SMILES string of the molecule is Cn1c(-c2cn(F)nc2-c2ccccc2)cnc1C(=O)Nc1ccc(C(=O)N2CCN(C(=O)C3CCNCC3)CC2)c(Cl)c1. The molecule has 2 N–H and O–H groups in total. The molecule has 2 aromatic carbocycles. The Hall–Kier alpha value is -4.55. The average molecular weight is 619 g/mol. The largest absolute Gasteiger partial charge is 0.339 e. The second-order valence-corrected chi connectivity index (χ2v) is 11.4. The lowest BCUT2D eigenvalue weighted by Gasteiger charge is -2.37. The van der Waals surface area contributed by atoms with Crippen molar-refractivity contribution in [3.8, 4) is 22.5 Å². The van der Waals surface area contributed by atoms with E-state index in [1.807, 2.05) is 35.2 Å². The summed E-state index contributed by atoms with van der Waals surface area (Å²) in [6, 6.07) is 13.9. The molecule has 0 atom stereocenters. The molecule has 2 aliphatic heterocycles. The van der Waals surface area contributed by atoms with Crippen molar-refractivity contribution in [3.05, 3.63) is 77.3 Å². The molecular formula is C31H32ClFN8O3. The summed E-state index contributed by atoms with van der Waals surface area (Å²) in [5.74, 6) is -0.408. The van der Waals surface area contributed by atoms with Gasteiger partial charge in [-0.2, -0.15) is 0 Å². The van der Waals surface area contributed by atoms with Crippen LogP contribution in [-0.4, -0.2) is 86.3 Å². The first-order valence-electron chi connectivity index (χ1n) is 14.5. The van der Waals surface area contributed by atoms with Crippen LogP contribution in [0.4, 0.5) is 10.2 Å². The van der Waals surface area contributed by atoms with Crippen LogP contribution in [0.1, 0.15) is 33.8 Å². The molecule has 2 aliphatic rings. The number of piperidine rings is 1. The first-order chi connectivity index (χ1) is 21.3. The van der Waals surface area contributed by atoms with Gasteiger partial charge in [0.15, 0.2) is 5.82 Å². The summed E-state index contributed by atoms with van der Waals surface area (Å²) in [6.07, 6.45) is 4.42. The molecule has 0 aliphatic carbocycles. The Labute approximate surface area is 258 Å². The minimum atomic E-state index is -0.502. The van der Waals surface area contributed by atoms with Crippen LogP contribution in [0.5, 0.6) is 0 Å². The molecule has 4 heterocycles. The number of amides is 3. The highest BCUT2D eigenvalue weighted by Crippen LogP contribution is 2.31. The fraction of sp³-hybridized carbons (Fsp3) is 0.323. The van der Waals surface area contributed by atoms with Crippen molar-refractivity contribution in [1.82, 2.24) is 34.7 Å². The maximum Gasteiger partial charge on any atom is 0.291 e. The Kier molecular flexibility index (Phi) is 8.45. The van der Waals surface area contributed by atoms with E-state index in [4.69, 9.17) is 11.6 Å². The van der Waals surface area contributed by atoms with Crippen molar-refractivity contribution in [3.63, 3.8) is 0 Å². The first-order valence-corrected chi connectivity index (χ1v) is 14.9. The predicted molar refractivity (Wildman–Crippen MR) is 164 cm³/mol. The molecule has 0 spiro atoms. The summed E-state index contributed by atoms with van der Waals surface area (Å²) in [7, 11) is 1.66. The fourth-order valence-corrected chi connectivity index (χ4v) is 6.06. The minimum Gasteiger partial charge on any atom is -0.339 e. The summed E-state index contributed by atoms with van der Waals surface area (Å²) >= 11 is 6.51. The molecule has 228 valence electrons. The number of benzene rings is 2. The number of hydrogen-bond acceptors (Lipinski definition) is 6. The molecule has 0 unspecified atom stereocenters. The lowest BCUT2D eigenvalue weighted by Crippen LogP contribution is -2.52. The monoisotopic (exact) mass is 618 g/mol. The van der Waals surface area contributed by atoms with E-state index in [-0.39, 0.29) is 33.5 Å². The predicted octanol–water partition coefficient (Wildman–Crippen LogP) is 3.87. The van der Waals surface area contributed by atoms with Gasteiger partial charge in [0.05, 0.1) is 28.7 Å². The quantitative estimate of drug-likeness (QED) is 0.339. The van der Waals surface area contributed by atoms with Gasteiger partial charge in [-0.1, -0.05) is 46.4 Å². The minimum absolute atomic E-state index is 0.0500. The van der Waals surface area contributed by atoms with Gasteiger partial charge in [0, 0.05) is 56.0 Å². The Morgan fingerprint density at radius 1 is 1.00 bits per heavy atom. The van der Waals surface area contributed by atoms with Crippen LogP contribution in [0, 0.1) is 5.92 Å².